The molecule has 0 unspecified atom stereocenters. The van der Waals surface area contributed by atoms with Crippen molar-refractivity contribution < 1.29 is 67.2 Å². The summed E-state index contributed by atoms with van der Waals surface area (Å²) >= 11 is -7.10. The third-order valence-corrected chi connectivity index (χ3v) is 4.42. The Balaban J connectivity index is -0.000000529. The largest absolute Gasteiger partial charge is 0 e. The van der Waals surface area contributed by atoms with Gasteiger partial charge in [0.2, 0.25) is 0 Å². The van der Waals surface area contributed by atoms with Crippen molar-refractivity contribution in [2.75, 3.05) is 0 Å². The van der Waals surface area contributed by atoms with Gasteiger partial charge in [-0.2, -0.15) is 0 Å². The van der Waals surface area contributed by atoms with E-state index in [1.807, 2.05) is 13.8 Å². The number of hydrogen-bond donors (Lipinski definition) is 0. The van der Waals surface area contributed by atoms with Gasteiger partial charge in [0, 0.05) is 27.7 Å². The summed E-state index contributed by atoms with van der Waals surface area (Å²) in [6, 6.07) is 0. The molecule has 0 aliphatic heterocycles. The molecule has 0 saturated heterocycles. The van der Waals surface area contributed by atoms with Gasteiger partial charge in [0.15, 0.2) is 0 Å². The monoisotopic (exact) mass is 513 g/mol. The number of halogens is 9. The van der Waals surface area contributed by atoms with Crippen molar-refractivity contribution in [1.29, 1.82) is 0 Å². The molecular weight excluding hydrogens is 504 g/mol. The van der Waals surface area contributed by atoms with Crippen LogP contribution in [0, 0.1) is 0 Å². The van der Waals surface area contributed by atoms with E-state index in [2.05, 4.69) is 0 Å². The first kappa shape index (κ1) is 22.1. The Morgan fingerprint density at radius 1 is 0.562 bits per heavy atom. The van der Waals surface area contributed by atoms with Crippen LogP contribution in [-0.2, 0) is 27.7 Å². The minimum absolute atomic E-state index is 0. The molecule has 0 fully saturated rings. The molecule has 0 aromatic carbocycles. The molecule has 0 atom stereocenters. The zero-order valence-corrected chi connectivity index (χ0v) is 15.7. The van der Waals surface area contributed by atoms with Gasteiger partial charge in [-0.25, -0.2) is 0 Å². The molecule has 0 aliphatic carbocycles. The van der Waals surface area contributed by atoms with E-state index in [9.17, 15) is 39.5 Å². The fraction of sp³-hybridized carbons (Fsp3) is 1.00. The van der Waals surface area contributed by atoms with Crippen LogP contribution in [0.3, 0.4) is 0 Å². The average Bonchev–Trinajstić information content (AvgIpc) is 1.79. The first-order chi connectivity index (χ1) is 6.37. The molecule has 0 N–H and O–H groups in total. The van der Waals surface area contributed by atoms with E-state index < -0.39 is 29.4 Å². The molecule has 0 rings (SSSR count). The van der Waals surface area contributed by atoms with Gasteiger partial charge in [-0.15, -0.1) is 0 Å². The molecule has 0 nitrogen and oxygen atoms in total. The van der Waals surface area contributed by atoms with E-state index in [-0.39, 0.29) is 27.7 Å². The number of alkyl halides is 9. The minimum atomic E-state index is -7.10. The zero-order chi connectivity index (χ0) is 13.1. The predicted octanol–water partition coefficient (Wildman–Crippen LogP) is 3.81. The van der Waals surface area contributed by atoms with Crippen molar-refractivity contribution in [3.05, 3.63) is 0 Å². The number of rotatable bonds is 0. The second-order valence-corrected chi connectivity index (χ2v) is 7.01. The van der Waals surface area contributed by atoms with Gasteiger partial charge in [-0.3, -0.25) is 0 Å². The number of hydrogen-bond acceptors (Lipinski definition) is 0. The van der Waals surface area contributed by atoms with Crippen LogP contribution in [0.5, 0.6) is 0 Å². The van der Waals surface area contributed by atoms with Crippen LogP contribution in [0.15, 0.2) is 0 Å². The van der Waals surface area contributed by atoms with Crippen LogP contribution in [0.2, 0.25) is 0 Å². The maximum atomic E-state index is 11.3. The molecule has 0 spiro atoms. The standard InChI is InChI=1S/C3F9Ge.C2H6.Hg/c4-1(5,6)13(2(7,8)9)3(10,11)12;1-2;/h;1-2H3;. The van der Waals surface area contributed by atoms with Crippen molar-refractivity contribution in [3.8, 4) is 0 Å². The molecule has 0 bridgehead atoms. The van der Waals surface area contributed by atoms with Gasteiger partial charge in [0.25, 0.3) is 0 Å². The summed E-state index contributed by atoms with van der Waals surface area (Å²) in [7, 11) is 0. The van der Waals surface area contributed by atoms with Gasteiger partial charge >= 0.3 is 68.9 Å². The summed E-state index contributed by atoms with van der Waals surface area (Å²) < 4.78 is 102. The molecular formula is C5H6F9GeHg. The van der Waals surface area contributed by atoms with Gasteiger partial charge in [-0.1, -0.05) is 13.8 Å². The molecule has 0 aromatic rings. The Hall–Kier alpha value is 0.848. The summed E-state index contributed by atoms with van der Waals surface area (Å²) in [5.74, 6) is 0. The van der Waals surface area contributed by atoms with Crippen molar-refractivity contribution >= 4 is 14.3 Å². The first-order valence-electron chi connectivity index (χ1n) is 3.45. The Morgan fingerprint density at radius 2 is 0.688 bits per heavy atom. The normalized spacial score (nSPS) is 12.8. The summed E-state index contributed by atoms with van der Waals surface area (Å²) in [4.78, 5) is 0. The van der Waals surface area contributed by atoms with E-state index in [0.717, 1.165) is 0 Å². The maximum absolute atomic E-state index is 11.3. The Bertz CT molecular complexity index is 147. The molecule has 0 amide bonds. The smallest absolute Gasteiger partial charge is 0 e. The molecule has 1 radical (unpaired) electrons. The quantitative estimate of drug-likeness (QED) is 0.344. The fourth-order valence-electron chi connectivity index (χ4n) is 0.482. The summed E-state index contributed by atoms with van der Waals surface area (Å²) in [5, 5.41) is -18.6. The van der Waals surface area contributed by atoms with Gasteiger partial charge in [0.05, 0.1) is 0 Å². The van der Waals surface area contributed by atoms with E-state index >= 15 is 0 Å². The van der Waals surface area contributed by atoms with Gasteiger partial charge in [0.1, 0.15) is 0 Å². The van der Waals surface area contributed by atoms with Gasteiger partial charge in [-0.05, 0) is 0 Å². The van der Waals surface area contributed by atoms with E-state index in [0.29, 0.717) is 0 Å². The Labute approximate surface area is 110 Å². The molecule has 95 valence electrons. The zero-order valence-electron chi connectivity index (χ0n) is 8.11. The molecule has 0 aromatic heterocycles. The third-order valence-electron chi connectivity index (χ3n) is 0.850. The fourth-order valence-corrected chi connectivity index (χ4v) is 2.51. The molecule has 11 heteroatoms. The minimum Gasteiger partial charge on any atom is 0 e. The van der Waals surface area contributed by atoms with Crippen LogP contribution >= 0.6 is 0 Å². The predicted molar refractivity (Wildman–Crippen MR) is 35.3 cm³/mol. The molecule has 0 heterocycles. The van der Waals surface area contributed by atoms with Crippen molar-refractivity contribution in [2.45, 2.75) is 28.9 Å². The van der Waals surface area contributed by atoms with E-state index in [1.165, 1.54) is 0 Å². The van der Waals surface area contributed by atoms with E-state index in [4.69, 9.17) is 0 Å². The van der Waals surface area contributed by atoms with Crippen LogP contribution in [0.4, 0.5) is 39.5 Å². The second kappa shape index (κ2) is 7.32. The van der Waals surface area contributed by atoms with Crippen molar-refractivity contribution in [3.63, 3.8) is 0 Å². The summed E-state index contributed by atoms with van der Waals surface area (Å²) in [5.41, 5.74) is 0. The topological polar surface area (TPSA) is 0 Å². The molecule has 16 heavy (non-hydrogen) atoms. The SMILES string of the molecule is CC.F[C](F)(F)[Ge]([C](F)(F)F)[C](F)(F)F.[Hg]. The summed E-state index contributed by atoms with van der Waals surface area (Å²) in [6.45, 7) is 4.00. The van der Waals surface area contributed by atoms with Gasteiger partial charge < -0.3 is 0 Å². The van der Waals surface area contributed by atoms with Crippen LogP contribution in [-0.4, -0.2) is 29.4 Å². The van der Waals surface area contributed by atoms with E-state index in [1.54, 1.807) is 0 Å². The van der Waals surface area contributed by atoms with Crippen molar-refractivity contribution in [1.82, 2.24) is 0 Å². The average molecular weight is 510 g/mol. The van der Waals surface area contributed by atoms with Crippen molar-refractivity contribution in [2.24, 2.45) is 0 Å². The van der Waals surface area contributed by atoms with Crippen LogP contribution < -0.4 is 0 Å². The van der Waals surface area contributed by atoms with Crippen LogP contribution in [0.25, 0.3) is 0 Å². The van der Waals surface area contributed by atoms with Crippen LogP contribution in [0.1, 0.15) is 13.8 Å². The summed E-state index contributed by atoms with van der Waals surface area (Å²) in [6.07, 6.45) is 0. The third kappa shape index (κ3) is 8.02. The second-order valence-electron chi connectivity index (χ2n) is 1.87. The first-order valence-corrected chi connectivity index (χ1v) is 6.60. The molecule has 0 aliphatic rings. The Morgan fingerprint density at radius 3 is 0.688 bits per heavy atom. The maximum Gasteiger partial charge on any atom is 0 e. The molecule has 0 saturated carbocycles. The Kier molecular flexibility index (Phi) is 10.1.